The van der Waals surface area contributed by atoms with Crippen LogP contribution < -0.4 is 10.5 Å². The molecular weight excluding hydrogens is 283 g/mol. The van der Waals surface area contributed by atoms with Gasteiger partial charge in [-0.15, -0.1) is 0 Å². The molecule has 1 aromatic heterocycles. The molecule has 0 spiro atoms. The van der Waals surface area contributed by atoms with Gasteiger partial charge in [0.25, 0.3) is 0 Å². The summed E-state index contributed by atoms with van der Waals surface area (Å²) < 4.78 is 41.4. The number of benzene rings is 1. The second-order valence-corrected chi connectivity index (χ2v) is 6.19. The van der Waals surface area contributed by atoms with Crippen LogP contribution in [-0.2, 0) is 23.6 Å². The van der Waals surface area contributed by atoms with Crippen LogP contribution in [0.3, 0.4) is 0 Å². The van der Waals surface area contributed by atoms with Crippen LogP contribution in [0.25, 0.3) is 0 Å². The molecule has 20 heavy (non-hydrogen) atoms. The SMILES string of the molecule is Cc1c(CNS(=O)(=O)c2cc(N)cc(F)c2)cnn1C. The fourth-order valence-electron chi connectivity index (χ4n) is 1.71. The third-order valence-corrected chi connectivity index (χ3v) is 4.37. The Morgan fingerprint density at radius 3 is 2.65 bits per heavy atom. The molecule has 0 bridgehead atoms. The van der Waals surface area contributed by atoms with Gasteiger partial charge in [-0.25, -0.2) is 17.5 Å². The Hall–Kier alpha value is -1.93. The molecule has 0 radical (unpaired) electrons. The molecule has 0 aliphatic carbocycles. The first-order chi connectivity index (χ1) is 9.29. The van der Waals surface area contributed by atoms with Crippen LogP contribution in [0.5, 0.6) is 0 Å². The van der Waals surface area contributed by atoms with E-state index in [0.29, 0.717) is 0 Å². The third-order valence-electron chi connectivity index (χ3n) is 2.99. The number of nitrogens with two attached hydrogens (primary N) is 1. The highest BCUT2D eigenvalue weighted by Gasteiger charge is 2.16. The molecule has 0 aliphatic rings. The van der Waals surface area contributed by atoms with Crippen LogP contribution in [0.1, 0.15) is 11.3 Å². The Balaban J connectivity index is 2.21. The molecule has 2 aromatic rings. The molecule has 108 valence electrons. The lowest BCUT2D eigenvalue weighted by Crippen LogP contribution is -2.23. The monoisotopic (exact) mass is 298 g/mol. The van der Waals surface area contributed by atoms with Gasteiger partial charge in [-0.2, -0.15) is 5.10 Å². The normalized spacial score (nSPS) is 11.8. The number of hydrogen-bond donors (Lipinski definition) is 2. The smallest absolute Gasteiger partial charge is 0.241 e. The summed E-state index contributed by atoms with van der Waals surface area (Å²) in [6.07, 6.45) is 1.58. The van der Waals surface area contributed by atoms with E-state index in [9.17, 15) is 12.8 Å². The van der Waals surface area contributed by atoms with Crippen molar-refractivity contribution in [2.45, 2.75) is 18.4 Å². The van der Waals surface area contributed by atoms with E-state index in [0.717, 1.165) is 23.4 Å². The third kappa shape index (κ3) is 2.97. The maximum atomic E-state index is 13.2. The molecule has 1 aromatic carbocycles. The summed E-state index contributed by atoms with van der Waals surface area (Å²) in [5, 5.41) is 4.02. The highest BCUT2D eigenvalue weighted by Crippen LogP contribution is 2.16. The zero-order valence-electron chi connectivity index (χ0n) is 11.1. The highest BCUT2D eigenvalue weighted by molar-refractivity contribution is 7.89. The van der Waals surface area contributed by atoms with Gasteiger partial charge in [0.15, 0.2) is 0 Å². The summed E-state index contributed by atoms with van der Waals surface area (Å²) in [7, 11) is -2.05. The lowest BCUT2D eigenvalue weighted by molar-refractivity contribution is 0.577. The molecule has 0 fully saturated rings. The van der Waals surface area contributed by atoms with Crippen molar-refractivity contribution in [2.24, 2.45) is 7.05 Å². The van der Waals surface area contributed by atoms with Crippen LogP contribution in [0.2, 0.25) is 0 Å². The zero-order chi connectivity index (χ0) is 14.9. The Bertz CT molecular complexity index is 720. The summed E-state index contributed by atoms with van der Waals surface area (Å²) in [5.41, 5.74) is 7.11. The van der Waals surface area contributed by atoms with Gasteiger partial charge in [-0.05, 0) is 25.1 Å². The van der Waals surface area contributed by atoms with Gasteiger partial charge in [-0.1, -0.05) is 0 Å². The number of aryl methyl sites for hydroxylation is 1. The first-order valence-electron chi connectivity index (χ1n) is 5.83. The molecule has 0 atom stereocenters. The van der Waals surface area contributed by atoms with Crippen molar-refractivity contribution < 1.29 is 12.8 Å². The van der Waals surface area contributed by atoms with E-state index in [-0.39, 0.29) is 17.1 Å². The van der Waals surface area contributed by atoms with Crippen molar-refractivity contribution in [2.75, 3.05) is 5.73 Å². The average Bonchev–Trinajstić information content (AvgIpc) is 2.66. The second-order valence-electron chi connectivity index (χ2n) is 4.42. The van der Waals surface area contributed by atoms with Crippen LogP contribution >= 0.6 is 0 Å². The Morgan fingerprint density at radius 1 is 1.40 bits per heavy atom. The zero-order valence-corrected chi connectivity index (χ0v) is 11.9. The van der Waals surface area contributed by atoms with E-state index in [4.69, 9.17) is 5.73 Å². The molecule has 0 saturated carbocycles. The predicted molar refractivity (Wildman–Crippen MR) is 72.8 cm³/mol. The molecule has 0 aliphatic heterocycles. The molecule has 1 heterocycles. The van der Waals surface area contributed by atoms with Crippen molar-refractivity contribution in [3.63, 3.8) is 0 Å². The van der Waals surface area contributed by atoms with Crippen molar-refractivity contribution in [1.82, 2.24) is 14.5 Å². The quantitative estimate of drug-likeness (QED) is 0.822. The summed E-state index contributed by atoms with van der Waals surface area (Å²) in [5.74, 6) is -0.692. The Kier molecular flexibility index (Phi) is 3.78. The number of hydrogen-bond acceptors (Lipinski definition) is 4. The summed E-state index contributed by atoms with van der Waals surface area (Å²) in [6, 6.07) is 3.20. The van der Waals surface area contributed by atoms with Crippen LogP contribution in [0.4, 0.5) is 10.1 Å². The number of nitrogens with one attached hydrogen (secondary N) is 1. The first kappa shape index (κ1) is 14.5. The highest BCUT2D eigenvalue weighted by atomic mass is 32.2. The number of anilines is 1. The van der Waals surface area contributed by atoms with Crippen molar-refractivity contribution >= 4 is 15.7 Å². The van der Waals surface area contributed by atoms with Crippen LogP contribution in [0.15, 0.2) is 29.3 Å². The predicted octanol–water partition coefficient (Wildman–Crippen LogP) is 0.928. The molecule has 2 rings (SSSR count). The fraction of sp³-hybridized carbons (Fsp3) is 0.250. The topological polar surface area (TPSA) is 90.0 Å². The molecule has 0 amide bonds. The van der Waals surface area contributed by atoms with Crippen LogP contribution in [-0.4, -0.2) is 18.2 Å². The maximum absolute atomic E-state index is 13.2. The van der Waals surface area contributed by atoms with Gasteiger partial charge in [-0.3, -0.25) is 4.68 Å². The van der Waals surface area contributed by atoms with Gasteiger partial charge in [0.1, 0.15) is 5.82 Å². The number of nitrogen functional groups attached to an aromatic ring is 1. The second kappa shape index (κ2) is 5.22. The van der Waals surface area contributed by atoms with Crippen LogP contribution in [0, 0.1) is 12.7 Å². The van der Waals surface area contributed by atoms with Crippen molar-refractivity contribution in [3.05, 3.63) is 41.5 Å². The number of rotatable bonds is 4. The van der Waals surface area contributed by atoms with Gasteiger partial charge in [0, 0.05) is 30.5 Å². The lowest BCUT2D eigenvalue weighted by Gasteiger charge is -2.07. The number of sulfonamides is 1. The van der Waals surface area contributed by atoms with E-state index in [2.05, 4.69) is 9.82 Å². The summed E-state index contributed by atoms with van der Waals surface area (Å²) in [6.45, 7) is 1.91. The number of aromatic nitrogens is 2. The Labute approximate surface area is 116 Å². The lowest BCUT2D eigenvalue weighted by atomic mass is 10.3. The average molecular weight is 298 g/mol. The summed E-state index contributed by atoms with van der Waals surface area (Å²) in [4.78, 5) is -0.198. The molecular formula is C12H15FN4O2S. The minimum atomic E-state index is -3.82. The van der Waals surface area contributed by atoms with Gasteiger partial charge >= 0.3 is 0 Å². The molecule has 3 N–H and O–H groups in total. The number of nitrogens with zero attached hydrogens (tertiary/aromatic N) is 2. The first-order valence-corrected chi connectivity index (χ1v) is 7.31. The molecule has 8 heteroatoms. The minimum absolute atomic E-state index is 0.0583. The van der Waals surface area contributed by atoms with E-state index in [1.165, 1.54) is 6.07 Å². The van der Waals surface area contributed by atoms with E-state index >= 15 is 0 Å². The molecule has 6 nitrogen and oxygen atoms in total. The standard InChI is InChI=1S/C12H15FN4O2S/c1-8-9(6-15-17(8)2)7-16-20(18,19)12-4-10(13)3-11(14)5-12/h3-6,16H,7,14H2,1-2H3. The number of halogens is 1. The largest absolute Gasteiger partial charge is 0.399 e. The van der Waals surface area contributed by atoms with Gasteiger partial charge in [0.2, 0.25) is 10.0 Å². The Morgan fingerprint density at radius 2 is 2.10 bits per heavy atom. The maximum Gasteiger partial charge on any atom is 0.241 e. The minimum Gasteiger partial charge on any atom is -0.399 e. The molecule has 0 unspecified atom stereocenters. The summed E-state index contributed by atoms with van der Waals surface area (Å²) >= 11 is 0. The molecule has 0 saturated heterocycles. The van der Waals surface area contributed by atoms with E-state index < -0.39 is 15.8 Å². The van der Waals surface area contributed by atoms with E-state index in [1.807, 2.05) is 6.92 Å². The fourth-order valence-corrected chi connectivity index (χ4v) is 2.78. The van der Waals surface area contributed by atoms with Gasteiger partial charge in [0.05, 0.1) is 11.1 Å². The van der Waals surface area contributed by atoms with Gasteiger partial charge < -0.3 is 5.73 Å². The van der Waals surface area contributed by atoms with Crippen molar-refractivity contribution in [3.8, 4) is 0 Å². The van der Waals surface area contributed by atoms with E-state index in [1.54, 1.807) is 17.9 Å². The van der Waals surface area contributed by atoms with Crippen molar-refractivity contribution in [1.29, 1.82) is 0 Å².